The van der Waals surface area contributed by atoms with Gasteiger partial charge in [-0.3, -0.25) is 0 Å². The Labute approximate surface area is 134 Å². The van der Waals surface area contributed by atoms with Crippen molar-refractivity contribution in [3.63, 3.8) is 0 Å². The van der Waals surface area contributed by atoms with Gasteiger partial charge in [0.05, 0.1) is 6.61 Å². The van der Waals surface area contributed by atoms with Gasteiger partial charge in [-0.25, -0.2) is 0 Å². The zero-order valence-electron chi connectivity index (χ0n) is 12.6. The van der Waals surface area contributed by atoms with Crippen LogP contribution in [0.4, 0.5) is 0 Å². The van der Waals surface area contributed by atoms with Gasteiger partial charge in [-0.15, -0.1) is 0 Å². The van der Waals surface area contributed by atoms with Crippen molar-refractivity contribution in [3.8, 4) is 5.75 Å². The average Bonchev–Trinajstić information content (AvgIpc) is 2.58. The highest BCUT2D eigenvalue weighted by Gasteiger charge is 2.38. The molecule has 0 bridgehead atoms. The summed E-state index contributed by atoms with van der Waals surface area (Å²) in [5.74, 6) is 0.537. The zero-order chi connectivity index (χ0) is 16.2. The van der Waals surface area contributed by atoms with Crippen LogP contribution in [-0.4, -0.2) is 46.5 Å². The lowest BCUT2D eigenvalue weighted by Gasteiger charge is -2.34. The van der Waals surface area contributed by atoms with Gasteiger partial charge in [0.2, 0.25) is 6.29 Å². The normalized spacial score (nSPS) is 27.6. The van der Waals surface area contributed by atoms with Gasteiger partial charge in [-0.2, -0.15) is 0 Å². The first kappa shape index (κ1) is 16.0. The van der Waals surface area contributed by atoms with Crippen LogP contribution in [0.15, 0.2) is 54.6 Å². The smallest absolute Gasteiger partial charge is 0.228 e. The lowest BCUT2D eigenvalue weighted by Crippen LogP contribution is -2.54. The number of rotatable bonds is 4. The Morgan fingerprint density at radius 3 is 2.22 bits per heavy atom. The van der Waals surface area contributed by atoms with E-state index in [9.17, 15) is 15.3 Å². The van der Waals surface area contributed by atoms with Crippen molar-refractivity contribution < 1.29 is 24.8 Å². The summed E-state index contributed by atoms with van der Waals surface area (Å²) >= 11 is 0. The molecule has 4 atom stereocenters. The molecule has 0 spiro atoms. The molecule has 2 aromatic rings. The van der Waals surface area contributed by atoms with E-state index < -0.39 is 24.6 Å². The minimum Gasteiger partial charge on any atom is -0.462 e. The summed E-state index contributed by atoms with van der Waals surface area (Å²) in [4.78, 5) is 0. The first-order chi connectivity index (χ1) is 11.1. The first-order valence-corrected chi connectivity index (χ1v) is 7.59. The van der Waals surface area contributed by atoms with Crippen LogP contribution in [0.25, 0.3) is 0 Å². The Hall–Kier alpha value is -1.92. The molecule has 122 valence electrons. The highest BCUT2D eigenvalue weighted by molar-refractivity contribution is 5.31. The second-order valence-electron chi connectivity index (χ2n) is 5.67. The number of hydrogen-bond acceptors (Lipinski definition) is 5. The van der Waals surface area contributed by atoms with Crippen LogP contribution < -0.4 is 4.74 Å². The van der Waals surface area contributed by atoms with Gasteiger partial charge >= 0.3 is 0 Å². The monoisotopic (exact) mass is 316 g/mol. The van der Waals surface area contributed by atoms with E-state index in [2.05, 4.69) is 12.1 Å². The van der Waals surface area contributed by atoms with Gasteiger partial charge in [0, 0.05) is 0 Å². The molecule has 1 heterocycles. The molecule has 0 saturated carbocycles. The third-order valence-electron chi connectivity index (χ3n) is 3.88. The van der Waals surface area contributed by atoms with E-state index in [1.54, 1.807) is 12.1 Å². The van der Waals surface area contributed by atoms with Crippen LogP contribution >= 0.6 is 0 Å². The number of hydrogen-bond donors (Lipinski definition) is 3. The van der Waals surface area contributed by atoms with Crippen LogP contribution in [0.5, 0.6) is 5.75 Å². The van der Waals surface area contributed by atoms with Gasteiger partial charge < -0.3 is 24.8 Å². The van der Waals surface area contributed by atoms with Gasteiger partial charge in [-0.05, 0) is 29.7 Å². The number of benzene rings is 2. The lowest BCUT2D eigenvalue weighted by molar-refractivity contribution is -0.242. The van der Waals surface area contributed by atoms with Crippen molar-refractivity contribution in [2.45, 2.75) is 31.0 Å². The quantitative estimate of drug-likeness (QED) is 0.787. The Kier molecular flexibility index (Phi) is 4.93. The minimum absolute atomic E-state index is 0.0744. The molecule has 1 fully saturated rings. The summed E-state index contributed by atoms with van der Waals surface area (Å²) < 4.78 is 10.8. The summed E-state index contributed by atoms with van der Waals surface area (Å²) in [6.07, 6.45) is -3.82. The third-order valence-corrected chi connectivity index (χ3v) is 3.88. The second-order valence-corrected chi connectivity index (χ2v) is 5.67. The largest absolute Gasteiger partial charge is 0.462 e. The fraction of sp³-hybridized carbons (Fsp3) is 0.333. The predicted molar refractivity (Wildman–Crippen MR) is 84.1 cm³/mol. The SMILES string of the molecule is O[C@@H]1[C@@H](O)[C@@H](Oc2ccc(Cc3ccccc3)cc2)OC[C@H]1O. The molecule has 5 nitrogen and oxygen atoms in total. The highest BCUT2D eigenvalue weighted by Crippen LogP contribution is 2.21. The Morgan fingerprint density at radius 1 is 0.870 bits per heavy atom. The van der Waals surface area contributed by atoms with Crippen molar-refractivity contribution in [2.24, 2.45) is 0 Å². The first-order valence-electron chi connectivity index (χ1n) is 7.59. The van der Waals surface area contributed by atoms with E-state index in [1.165, 1.54) is 5.56 Å². The summed E-state index contributed by atoms with van der Waals surface area (Å²) in [6.45, 7) is -0.0744. The third kappa shape index (κ3) is 3.89. The molecule has 1 saturated heterocycles. The molecule has 5 heteroatoms. The van der Waals surface area contributed by atoms with Crippen molar-refractivity contribution >= 4 is 0 Å². The van der Waals surface area contributed by atoms with Gasteiger partial charge in [0.1, 0.15) is 24.1 Å². The molecule has 2 aromatic carbocycles. The zero-order valence-corrected chi connectivity index (χ0v) is 12.6. The molecular weight excluding hydrogens is 296 g/mol. The molecular formula is C18H20O5. The van der Waals surface area contributed by atoms with Gasteiger partial charge in [0.25, 0.3) is 0 Å². The van der Waals surface area contributed by atoms with E-state index in [-0.39, 0.29) is 6.61 Å². The number of aliphatic hydroxyl groups excluding tert-OH is 3. The Morgan fingerprint density at radius 2 is 1.52 bits per heavy atom. The van der Waals surface area contributed by atoms with Crippen LogP contribution in [-0.2, 0) is 11.2 Å². The van der Waals surface area contributed by atoms with E-state index in [0.29, 0.717) is 5.75 Å². The van der Waals surface area contributed by atoms with Crippen molar-refractivity contribution in [1.29, 1.82) is 0 Å². The molecule has 23 heavy (non-hydrogen) atoms. The maximum atomic E-state index is 9.86. The molecule has 0 radical (unpaired) electrons. The van der Waals surface area contributed by atoms with Crippen LogP contribution in [0.2, 0.25) is 0 Å². The highest BCUT2D eigenvalue weighted by atomic mass is 16.7. The average molecular weight is 316 g/mol. The summed E-state index contributed by atoms with van der Waals surface area (Å²) in [5, 5.41) is 28.9. The Balaban J connectivity index is 1.61. The summed E-state index contributed by atoms with van der Waals surface area (Å²) in [6, 6.07) is 17.6. The molecule has 0 amide bonds. The van der Waals surface area contributed by atoms with E-state index in [4.69, 9.17) is 9.47 Å². The molecule has 0 unspecified atom stereocenters. The van der Waals surface area contributed by atoms with Crippen molar-refractivity contribution in [1.82, 2.24) is 0 Å². The fourth-order valence-corrected chi connectivity index (χ4v) is 2.53. The van der Waals surface area contributed by atoms with E-state index >= 15 is 0 Å². The maximum Gasteiger partial charge on any atom is 0.228 e. The fourth-order valence-electron chi connectivity index (χ4n) is 2.53. The molecule has 3 rings (SSSR count). The van der Waals surface area contributed by atoms with Crippen molar-refractivity contribution in [3.05, 3.63) is 65.7 Å². The predicted octanol–water partition coefficient (Wildman–Crippen LogP) is 1.10. The van der Waals surface area contributed by atoms with Crippen LogP contribution in [0.1, 0.15) is 11.1 Å². The lowest BCUT2D eigenvalue weighted by atomic mass is 10.0. The minimum atomic E-state index is -1.29. The molecule has 0 aliphatic carbocycles. The second kappa shape index (κ2) is 7.10. The Bertz CT molecular complexity index is 613. The molecule has 0 aromatic heterocycles. The van der Waals surface area contributed by atoms with Crippen LogP contribution in [0, 0.1) is 0 Å². The standard InChI is InChI=1S/C18H20O5/c19-15-11-22-18(17(21)16(15)20)23-14-8-6-13(7-9-14)10-12-4-2-1-3-5-12/h1-9,15-21H,10-11H2/t15-,16+,17-,18-/m1/s1. The van der Waals surface area contributed by atoms with E-state index in [0.717, 1.165) is 12.0 Å². The van der Waals surface area contributed by atoms with Gasteiger partial charge in [0.15, 0.2) is 0 Å². The van der Waals surface area contributed by atoms with E-state index in [1.807, 2.05) is 30.3 Å². The summed E-state index contributed by atoms with van der Waals surface area (Å²) in [5.41, 5.74) is 2.37. The number of aliphatic hydroxyl groups is 3. The summed E-state index contributed by atoms with van der Waals surface area (Å²) in [7, 11) is 0. The molecule has 3 N–H and O–H groups in total. The molecule has 1 aliphatic heterocycles. The number of ether oxygens (including phenoxy) is 2. The topological polar surface area (TPSA) is 79.2 Å². The molecule has 1 aliphatic rings. The van der Waals surface area contributed by atoms with Crippen LogP contribution in [0.3, 0.4) is 0 Å². The van der Waals surface area contributed by atoms with Crippen molar-refractivity contribution in [2.75, 3.05) is 6.61 Å². The van der Waals surface area contributed by atoms with Gasteiger partial charge in [-0.1, -0.05) is 42.5 Å². The maximum absolute atomic E-state index is 9.86.